The predicted molar refractivity (Wildman–Crippen MR) is 123 cm³/mol. The Morgan fingerprint density at radius 1 is 1.22 bits per heavy atom. The van der Waals surface area contributed by atoms with Gasteiger partial charge in [-0.1, -0.05) is 42.8 Å². The molecule has 0 aliphatic carbocycles. The summed E-state index contributed by atoms with van der Waals surface area (Å²) in [6, 6.07) is 15.1. The van der Waals surface area contributed by atoms with Crippen LogP contribution in [-0.2, 0) is 22.6 Å². The van der Waals surface area contributed by atoms with Gasteiger partial charge in [0.2, 0.25) is 6.04 Å². The van der Waals surface area contributed by atoms with Crippen LogP contribution in [0, 0.1) is 0 Å². The first-order valence-corrected chi connectivity index (χ1v) is 11.1. The van der Waals surface area contributed by atoms with Gasteiger partial charge in [-0.15, -0.1) is 0 Å². The number of ether oxygens (including phenoxy) is 1. The highest BCUT2D eigenvalue weighted by atomic mass is 35.5. The number of hydrogen-bond acceptors (Lipinski definition) is 6. The van der Waals surface area contributed by atoms with Gasteiger partial charge in [0, 0.05) is 17.1 Å². The molecule has 4 unspecified atom stereocenters. The van der Waals surface area contributed by atoms with Crippen LogP contribution in [-0.4, -0.2) is 61.5 Å². The number of rotatable bonds is 10. The van der Waals surface area contributed by atoms with Crippen LogP contribution in [0.4, 0.5) is 0 Å². The van der Waals surface area contributed by atoms with Crippen LogP contribution in [0.2, 0.25) is 5.02 Å². The topological polar surface area (TPSA) is 91.9 Å². The van der Waals surface area contributed by atoms with E-state index in [-0.39, 0.29) is 29.7 Å². The minimum absolute atomic E-state index is 0.0146. The number of hydrogen-bond donors (Lipinski definition) is 4. The van der Waals surface area contributed by atoms with Crippen molar-refractivity contribution in [2.24, 2.45) is 0 Å². The number of nitrogens with zero attached hydrogens (tertiary/aromatic N) is 1. The zero-order valence-corrected chi connectivity index (χ0v) is 19.4. The number of halogens is 1. The first kappa shape index (κ1) is 24.4. The standard InChI is InChI=1S/C23H31ClN4O4/c1-4-16-6-5-7-19(14-16)32-23-27-21(25-2)20(22(29)26-12-13-31-30)28(23,3)15-17-8-10-18(24)11-9-17/h5-11,14,20-21,23,25,27H,4,12-13,15H2,1-3H3,(H-,26,29,30)/p+1. The van der Waals surface area contributed by atoms with Crippen molar-refractivity contribution in [3.8, 4) is 5.75 Å². The average molecular weight is 464 g/mol. The third kappa shape index (κ3) is 5.58. The average Bonchev–Trinajstić information content (AvgIpc) is 3.06. The second-order valence-corrected chi connectivity index (χ2v) is 8.54. The van der Waals surface area contributed by atoms with E-state index in [4.69, 9.17) is 21.6 Å². The molecule has 2 aromatic rings. The lowest BCUT2D eigenvalue weighted by Crippen LogP contribution is -2.63. The number of likely N-dealkylation sites (N-methyl/N-ethyl adjacent to an activating group) is 2. The summed E-state index contributed by atoms with van der Waals surface area (Å²) in [5.41, 5.74) is 2.21. The molecule has 8 nitrogen and oxygen atoms in total. The van der Waals surface area contributed by atoms with Crippen molar-refractivity contribution in [1.82, 2.24) is 16.0 Å². The van der Waals surface area contributed by atoms with Crippen molar-refractivity contribution < 1.29 is 24.2 Å². The van der Waals surface area contributed by atoms with Crippen molar-refractivity contribution in [1.29, 1.82) is 0 Å². The lowest BCUT2D eigenvalue weighted by Gasteiger charge is -2.39. The van der Waals surface area contributed by atoms with Gasteiger partial charge in [-0.3, -0.25) is 19.9 Å². The Bertz CT molecular complexity index is 898. The summed E-state index contributed by atoms with van der Waals surface area (Å²) in [6.45, 7) is 2.85. The summed E-state index contributed by atoms with van der Waals surface area (Å²) in [5.74, 6) is 0.575. The third-order valence-electron chi connectivity index (χ3n) is 5.87. The third-order valence-corrected chi connectivity index (χ3v) is 6.12. The number of carbonyl (C=O) groups is 1. The summed E-state index contributed by atoms with van der Waals surface area (Å²) < 4.78 is 6.68. The Hall–Kier alpha value is -2.20. The fourth-order valence-electron chi connectivity index (χ4n) is 4.17. The second-order valence-electron chi connectivity index (χ2n) is 8.10. The summed E-state index contributed by atoms with van der Waals surface area (Å²) >= 11 is 6.07. The second kappa shape index (κ2) is 11.1. The summed E-state index contributed by atoms with van der Waals surface area (Å²) in [7, 11) is 3.81. The van der Waals surface area contributed by atoms with Crippen LogP contribution in [0.3, 0.4) is 0 Å². The highest BCUT2D eigenvalue weighted by Crippen LogP contribution is 2.30. The van der Waals surface area contributed by atoms with E-state index < -0.39 is 12.4 Å². The Kier molecular flexibility index (Phi) is 8.47. The van der Waals surface area contributed by atoms with Gasteiger partial charge in [0.1, 0.15) is 18.5 Å². The molecular weight excluding hydrogens is 432 g/mol. The van der Waals surface area contributed by atoms with Crippen molar-refractivity contribution in [3.05, 3.63) is 64.7 Å². The molecule has 4 atom stereocenters. The molecule has 32 heavy (non-hydrogen) atoms. The Morgan fingerprint density at radius 2 is 1.97 bits per heavy atom. The fourth-order valence-corrected chi connectivity index (χ4v) is 4.30. The molecule has 3 rings (SSSR count). The van der Waals surface area contributed by atoms with E-state index in [2.05, 4.69) is 33.8 Å². The Labute approximate surface area is 194 Å². The molecular formula is C23H32ClN4O4+. The number of quaternary nitrogens is 1. The van der Waals surface area contributed by atoms with Gasteiger partial charge in [0.15, 0.2) is 0 Å². The monoisotopic (exact) mass is 463 g/mol. The number of nitrogens with one attached hydrogen (secondary N) is 3. The van der Waals surface area contributed by atoms with Crippen LogP contribution in [0.1, 0.15) is 18.1 Å². The molecule has 4 N–H and O–H groups in total. The zero-order chi connectivity index (χ0) is 23.1. The molecule has 0 saturated carbocycles. The maximum Gasteiger partial charge on any atom is 0.296 e. The predicted octanol–water partition coefficient (Wildman–Crippen LogP) is 2.33. The van der Waals surface area contributed by atoms with Crippen molar-refractivity contribution in [2.45, 2.75) is 38.4 Å². The van der Waals surface area contributed by atoms with Crippen molar-refractivity contribution >= 4 is 17.5 Å². The first-order valence-electron chi connectivity index (χ1n) is 10.7. The molecule has 0 aromatic heterocycles. The van der Waals surface area contributed by atoms with Crippen LogP contribution in [0.5, 0.6) is 5.75 Å². The maximum absolute atomic E-state index is 13.2. The molecule has 1 aliphatic rings. The number of benzene rings is 2. The van der Waals surface area contributed by atoms with Gasteiger partial charge in [0.05, 0.1) is 13.7 Å². The summed E-state index contributed by atoms with van der Waals surface area (Å²) in [4.78, 5) is 17.3. The summed E-state index contributed by atoms with van der Waals surface area (Å²) in [5, 5.41) is 18.8. The van der Waals surface area contributed by atoms with E-state index in [9.17, 15) is 4.79 Å². The number of amides is 1. The van der Waals surface area contributed by atoms with Crippen LogP contribution in [0.15, 0.2) is 48.5 Å². The van der Waals surface area contributed by atoms with E-state index in [0.29, 0.717) is 11.6 Å². The molecule has 0 bridgehead atoms. The molecule has 1 amide bonds. The molecule has 1 aliphatic heterocycles. The normalized spacial score (nSPS) is 25.0. The molecule has 1 heterocycles. The largest absolute Gasteiger partial charge is 0.429 e. The molecule has 9 heteroatoms. The minimum atomic E-state index is -0.506. The van der Waals surface area contributed by atoms with Crippen LogP contribution in [0.25, 0.3) is 0 Å². The van der Waals surface area contributed by atoms with Gasteiger partial charge in [-0.2, -0.15) is 0 Å². The molecule has 0 radical (unpaired) electrons. The number of carbonyl (C=O) groups excluding carboxylic acids is 1. The van der Waals surface area contributed by atoms with Crippen molar-refractivity contribution in [3.63, 3.8) is 0 Å². The molecule has 174 valence electrons. The van der Waals surface area contributed by atoms with Gasteiger partial charge in [-0.25, -0.2) is 10.2 Å². The van der Waals surface area contributed by atoms with Crippen molar-refractivity contribution in [2.75, 3.05) is 27.2 Å². The molecule has 1 saturated heterocycles. The highest BCUT2D eigenvalue weighted by molar-refractivity contribution is 6.30. The van der Waals surface area contributed by atoms with Gasteiger partial charge < -0.3 is 10.1 Å². The molecule has 1 fully saturated rings. The molecule has 0 spiro atoms. The highest BCUT2D eigenvalue weighted by Gasteiger charge is 2.57. The minimum Gasteiger partial charge on any atom is -0.429 e. The van der Waals surface area contributed by atoms with Gasteiger partial charge in [-0.05, 0) is 43.3 Å². The van der Waals surface area contributed by atoms with E-state index in [0.717, 1.165) is 17.7 Å². The SMILES string of the molecule is CCc1cccc(OC2NC(NC)C(C(=O)NCCOO)[N+]2(C)Cc2ccc(Cl)cc2)c1. The van der Waals surface area contributed by atoms with E-state index in [1.807, 2.05) is 56.6 Å². The van der Waals surface area contributed by atoms with Crippen LogP contribution >= 0.6 is 11.6 Å². The first-order chi connectivity index (χ1) is 15.4. The van der Waals surface area contributed by atoms with Gasteiger partial charge in [0.25, 0.3) is 12.3 Å². The van der Waals surface area contributed by atoms with E-state index in [1.165, 1.54) is 5.56 Å². The fraction of sp³-hybridized carbons (Fsp3) is 0.435. The van der Waals surface area contributed by atoms with E-state index >= 15 is 0 Å². The maximum atomic E-state index is 13.2. The molecule has 2 aromatic carbocycles. The summed E-state index contributed by atoms with van der Waals surface area (Å²) in [6.07, 6.45) is 0.0882. The lowest BCUT2D eigenvalue weighted by molar-refractivity contribution is -0.965. The van der Waals surface area contributed by atoms with E-state index in [1.54, 1.807) is 0 Å². The quantitative estimate of drug-likeness (QED) is 0.187. The Morgan fingerprint density at radius 3 is 2.62 bits per heavy atom. The number of aryl methyl sites for hydroxylation is 1. The van der Waals surface area contributed by atoms with Gasteiger partial charge >= 0.3 is 0 Å². The Balaban J connectivity index is 1.93. The smallest absolute Gasteiger partial charge is 0.296 e. The lowest BCUT2D eigenvalue weighted by atomic mass is 10.1. The van der Waals surface area contributed by atoms with Crippen LogP contribution < -0.4 is 20.7 Å². The zero-order valence-electron chi connectivity index (χ0n) is 18.7.